The Morgan fingerprint density at radius 3 is 2.22 bits per heavy atom. The van der Waals surface area contributed by atoms with Gasteiger partial charge >= 0.3 is 0 Å². The molecule has 9 heteroatoms. The van der Waals surface area contributed by atoms with Crippen LogP contribution in [-0.4, -0.2) is 101 Å². The highest BCUT2D eigenvalue weighted by atomic mass is 16.5. The van der Waals surface area contributed by atoms with Crippen LogP contribution in [0.1, 0.15) is 92.9 Å². The Labute approximate surface area is 245 Å². The van der Waals surface area contributed by atoms with Crippen molar-refractivity contribution in [3.63, 3.8) is 0 Å². The van der Waals surface area contributed by atoms with Gasteiger partial charge in [-0.25, -0.2) is 9.97 Å². The maximum absolute atomic E-state index is 13.9. The molecule has 1 aromatic heterocycles. The fourth-order valence-corrected chi connectivity index (χ4v) is 7.92. The number of hydrogen-bond acceptors (Lipinski definition) is 7. The highest BCUT2D eigenvalue weighted by Crippen LogP contribution is 2.48. The lowest BCUT2D eigenvalue weighted by Gasteiger charge is -2.53. The van der Waals surface area contributed by atoms with Gasteiger partial charge in [-0.2, -0.15) is 0 Å². The van der Waals surface area contributed by atoms with E-state index in [0.29, 0.717) is 47.9 Å². The van der Waals surface area contributed by atoms with Crippen molar-refractivity contribution in [3.8, 4) is 0 Å². The molecule has 0 N–H and O–H groups in total. The molecule has 0 aliphatic carbocycles. The number of ether oxygens (including phenoxy) is 1. The van der Waals surface area contributed by atoms with Gasteiger partial charge in [0.2, 0.25) is 5.91 Å². The van der Waals surface area contributed by atoms with Crippen molar-refractivity contribution in [1.29, 1.82) is 0 Å². The van der Waals surface area contributed by atoms with E-state index in [-0.39, 0.29) is 11.3 Å². The number of Topliss-reactive ketones (excluding diaryl/α,β-unsaturated/α-hetero) is 1. The lowest BCUT2D eigenvalue weighted by molar-refractivity contribution is -0.152. The first-order valence-corrected chi connectivity index (χ1v) is 16.1. The van der Waals surface area contributed by atoms with E-state index in [1.807, 2.05) is 0 Å². The molecule has 5 rings (SSSR count). The fraction of sp³-hybridized carbons (Fsp3) is 0.781. The van der Waals surface area contributed by atoms with Crippen molar-refractivity contribution in [1.82, 2.24) is 24.7 Å². The molecule has 1 atom stereocenters. The molecule has 9 nitrogen and oxygen atoms in total. The van der Waals surface area contributed by atoms with Gasteiger partial charge in [0.25, 0.3) is 11.7 Å². The van der Waals surface area contributed by atoms with Gasteiger partial charge in [0.1, 0.15) is 6.33 Å². The molecule has 0 saturated carbocycles. The van der Waals surface area contributed by atoms with Crippen LogP contribution in [0.3, 0.4) is 0 Å². The Balaban J connectivity index is 1.15. The number of hydrogen-bond donors (Lipinski definition) is 0. The molecule has 1 unspecified atom stereocenters. The summed E-state index contributed by atoms with van der Waals surface area (Å²) >= 11 is 0. The first-order chi connectivity index (χ1) is 19.8. The molecule has 41 heavy (non-hydrogen) atoms. The summed E-state index contributed by atoms with van der Waals surface area (Å²) in [6.07, 6.45) is 11.9. The minimum atomic E-state index is -0.495. The van der Waals surface area contributed by atoms with Gasteiger partial charge in [-0.05, 0) is 89.6 Å². The van der Waals surface area contributed by atoms with Gasteiger partial charge in [-0.1, -0.05) is 19.8 Å². The Kier molecular flexibility index (Phi) is 9.74. The smallest absolute Gasteiger partial charge is 0.295 e. The fourth-order valence-electron chi connectivity index (χ4n) is 7.92. The van der Waals surface area contributed by atoms with Crippen molar-refractivity contribution in [2.75, 3.05) is 52.5 Å². The number of amides is 2. The summed E-state index contributed by atoms with van der Waals surface area (Å²) in [6, 6.07) is 0.424. The van der Waals surface area contributed by atoms with E-state index in [4.69, 9.17) is 4.74 Å². The predicted molar refractivity (Wildman–Crippen MR) is 156 cm³/mol. The van der Waals surface area contributed by atoms with Crippen LogP contribution >= 0.6 is 0 Å². The van der Waals surface area contributed by atoms with Gasteiger partial charge in [-0.3, -0.25) is 14.4 Å². The van der Waals surface area contributed by atoms with Crippen LogP contribution < -0.4 is 0 Å². The van der Waals surface area contributed by atoms with Crippen molar-refractivity contribution in [2.24, 2.45) is 17.3 Å². The topological polar surface area (TPSA) is 95.9 Å². The number of aryl methyl sites for hydroxylation is 2. The molecule has 0 aromatic carbocycles. The van der Waals surface area contributed by atoms with E-state index in [0.717, 1.165) is 104 Å². The normalized spacial score (nSPS) is 24.7. The number of likely N-dealkylation sites (tertiary alicyclic amines) is 3. The number of aromatic nitrogens is 2. The maximum atomic E-state index is 13.9. The number of piperidine rings is 3. The largest absolute Gasteiger partial charge is 0.381 e. The van der Waals surface area contributed by atoms with Crippen molar-refractivity contribution in [3.05, 3.63) is 23.3 Å². The first kappa shape index (κ1) is 30.1. The zero-order valence-electron chi connectivity index (χ0n) is 25.4. The van der Waals surface area contributed by atoms with E-state index >= 15 is 0 Å². The molecule has 4 aliphatic heterocycles. The SMILES string of the molecule is CCCCC1C(=O)N(CC2CCOCC2)CCC12CCN(C1CCN(C(=O)C(=O)c3c(C)ncnc3C)CC1)CC2. The van der Waals surface area contributed by atoms with E-state index in [1.165, 1.54) is 6.33 Å². The standard InChI is InChI=1S/C32H49N5O4/c1-4-5-6-27-30(39)37(21-25-9-19-41-20-10-25)18-13-32(27)11-16-35(17-12-32)26-7-14-36(15-8-26)31(40)29(38)28-23(2)33-22-34-24(28)3/h22,25-27H,4-21H2,1-3H3. The molecule has 4 fully saturated rings. The van der Waals surface area contributed by atoms with Crippen LogP contribution in [-0.2, 0) is 14.3 Å². The van der Waals surface area contributed by atoms with Gasteiger partial charge in [0, 0.05) is 51.4 Å². The number of carbonyl (C=O) groups excluding carboxylic acids is 3. The summed E-state index contributed by atoms with van der Waals surface area (Å²) in [5.74, 6) is 0.210. The van der Waals surface area contributed by atoms with Crippen LogP contribution in [0.25, 0.3) is 0 Å². The summed E-state index contributed by atoms with van der Waals surface area (Å²) in [5, 5.41) is 0. The minimum Gasteiger partial charge on any atom is -0.381 e. The van der Waals surface area contributed by atoms with E-state index < -0.39 is 11.7 Å². The van der Waals surface area contributed by atoms with Gasteiger partial charge < -0.3 is 19.4 Å². The summed E-state index contributed by atoms with van der Waals surface area (Å²) in [5.41, 5.74) is 1.58. The summed E-state index contributed by atoms with van der Waals surface area (Å²) in [6.45, 7) is 12.4. The zero-order valence-corrected chi connectivity index (χ0v) is 25.4. The molecule has 1 aromatic rings. The van der Waals surface area contributed by atoms with Gasteiger partial charge in [0.05, 0.1) is 17.0 Å². The minimum absolute atomic E-state index is 0.130. The molecule has 5 heterocycles. The highest BCUT2D eigenvalue weighted by Gasteiger charge is 2.49. The monoisotopic (exact) mass is 567 g/mol. The molecule has 0 bridgehead atoms. The third-order valence-corrected chi connectivity index (χ3v) is 10.6. The average molecular weight is 568 g/mol. The summed E-state index contributed by atoms with van der Waals surface area (Å²) in [4.78, 5) is 54.7. The number of nitrogens with zero attached hydrogens (tertiary/aromatic N) is 5. The molecule has 0 radical (unpaired) electrons. The Bertz CT molecular complexity index is 1070. The third-order valence-electron chi connectivity index (χ3n) is 10.6. The third kappa shape index (κ3) is 6.51. The molecule has 2 amide bonds. The number of unbranched alkanes of at least 4 members (excludes halogenated alkanes) is 1. The molecule has 1 spiro atoms. The quantitative estimate of drug-likeness (QED) is 0.348. The lowest BCUT2D eigenvalue weighted by Crippen LogP contribution is -2.58. The zero-order chi connectivity index (χ0) is 29.0. The highest BCUT2D eigenvalue weighted by molar-refractivity contribution is 6.43. The van der Waals surface area contributed by atoms with E-state index in [2.05, 4.69) is 26.7 Å². The van der Waals surface area contributed by atoms with Crippen molar-refractivity contribution in [2.45, 2.75) is 91.0 Å². The lowest BCUT2D eigenvalue weighted by atomic mass is 9.62. The number of rotatable bonds is 8. The maximum Gasteiger partial charge on any atom is 0.295 e. The van der Waals surface area contributed by atoms with Crippen LogP contribution in [0.2, 0.25) is 0 Å². The van der Waals surface area contributed by atoms with Crippen LogP contribution in [0.5, 0.6) is 0 Å². The predicted octanol–water partition coefficient (Wildman–Crippen LogP) is 3.81. The van der Waals surface area contributed by atoms with Gasteiger partial charge in [-0.15, -0.1) is 0 Å². The van der Waals surface area contributed by atoms with Crippen LogP contribution in [0, 0.1) is 31.1 Å². The molecule has 4 aliphatic rings. The second-order valence-corrected chi connectivity index (χ2v) is 13.0. The van der Waals surface area contributed by atoms with Crippen molar-refractivity contribution < 1.29 is 19.1 Å². The molecule has 226 valence electrons. The van der Waals surface area contributed by atoms with E-state index in [9.17, 15) is 14.4 Å². The van der Waals surface area contributed by atoms with E-state index in [1.54, 1.807) is 18.7 Å². The first-order valence-electron chi connectivity index (χ1n) is 16.1. The molecular formula is C32H49N5O4. The summed E-state index contributed by atoms with van der Waals surface area (Å²) in [7, 11) is 0. The molecular weight excluding hydrogens is 518 g/mol. The Morgan fingerprint density at radius 1 is 0.951 bits per heavy atom. The number of carbonyl (C=O) groups is 3. The average Bonchev–Trinajstić information content (AvgIpc) is 2.99. The van der Waals surface area contributed by atoms with Crippen molar-refractivity contribution >= 4 is 17.6 Å². The Morgan fingerprint density at radius 2 is 1.59 bits per heavy atom. The Hall–Kier alpha value is -2.39. The number of ketones is 1. The van der Waals surface area contributed by atoms with Gasteiger partial charge in [0.15, 0.2) is 0 Å². The van der Waals surface area contributed by atoms with Crippen LogP contribution in [0.4, 0.5) is 0 Å². The second kappa shape index (κ2) is 13.3. The van der Waals surface area contributed by atoms with Crippen LogP contribution in [0.15, 0.2) is 6.33 Å². The summed E-state index contributed by atoms with van der Waals surface area (Å²) < 4.78 is 5.55. The molecule has 4 saturated heterocycles. The second-order valence-electron chi connectivity index (χ2n) is 13.0.